The highest BCUT2D eigenvalue weighted by atomic mass is 16.7. The molecule has 0 spiro atoms. The van der Waals surface area contributed by atoms with Gasteiger partial charge in [-0.25, -0.2) is 9.78 Å². The van der Waals surface area contributed by atoms with Gasteiger partial charge in [0.2, 0.25) is 5.88 Å². The second-order valence-corrected chi connectivity index (χ2v) is 8.11. The van der Waals surface area contributed by atoms with Gasteiger partial charge in [-0.15, -0.1) is 0 Å². The largest absolute Gasteiger partial charge is 0.496 e. The van der Waals surface area contributed by atoms with Gasteiger partial charge >= 0.3 is 5.97 Å². The number of rotatable bonds is 8. The number of carbonyl (C=O) groups is 3. The number of ether oxygens (including phenoxy) is 2. The number of hydrogen-bond acceptors (Lipinski definition) is 9. The van der Waals surface area contributed by atoms with Gasteiger partial charge in [0.1, 0.15) is 12.0 Å². The van der Waals surface area contributed by atoms with Crippen LogP contribution < -0.4 is 14.8 Å². The van der Waals surface area contributed by atoms with Crippen LogP contribution in [0.25, 0.3) is 0 Å². The maximum Gasteiger partial charge on any atom is 0.361 e. The van der Waals surface area contributed by atoms with Crippen molar-refractivity contribution in [1.29, 1.82) is 5.26 Å². The predicted octanol–water partition coefficient (Wildman–Crippen LogP) is 3.40. The van der Waals surface area contributed by atoms with E-state index in [2.05, 4.69) is 16.4 Å². The highest BCUT2D eigenvalue weighted by molar-refractivity contribution is 5.96. The molecule has 1 unspecified atom stereocenters. The Morgan fingerprint density at radius 3 is 2.69 bits per heavy atom. The molecule has 0 bridgehead atoms. The second kappa shape index (κ2) is 11.4. The molecule has 1 N–H and O–H groups in total. The number of amides is 1. The minimum absolute atomic E-state index is 0.0190. The van der Waals surface area contributed by atoms with Crippen LogP contribution in [0.3, 0.4) is 0 Å². The Kier molecular flexibility index (Phi) is 8.27. The Hall–Kier alpha value is -4.39. The van der Waals surface area contributed by atoms with Gasteiger partial charge in [-0.05, 0) is 38.5 Å². The van der Waals surface area contributed by atoms with Crippen molar-refractivity contribution in [3.8, 4) is 17.7 Å². The number of methoxy groups -OCH3 is 1. The number of hydroxylamine groups is 2. The molecule has 188 valence electrons. The summed E-state index contributed by atoms with van der Waals surface area (Å²) in [5.41, 5.74) is 3.88. The van der Waals surface area contributed by atoms with Gasteiger partial charge in [-0.1, -0.05) is 6.07 Å². The molecule has 0 fully saturated rings. The molecule has 0 radical (unpaired) electrons. The standard InChI is InChI=1S/C26H28N4O6/c1-6-35-25-23-22(18-10-9-17(13-27)12-19(18)34-5)21(16(3)29-24(23)15(2)14-28-25)26(33)36-30(4)20(32)8-7-11-31/h9-12,14,22,29H,6-8H2,1-5H3. The summed E-state index contributed by atoms with van der Waals surface area (Å²) in [6, 6.07) is 7.03. The lowest BCUT2D eigenvalue weighted by Gasteiger charge is -2.33. The first-order valence-corrected chi connectivity index (χ1v) is 11.4. The smallest absolute Gasteiger partial charge is 0.361 e. The summed E-state index contributed by atoms with van der Waals surface area (Å²) < 4.78 is 11.4. The van der Waals surface area contributed by atoms with E-state index in [1.165, 1.54) is 14.2 Å². The van der Waals surface area contributed by atoms with Crippen LogP contribution in [0.1, 0.15) is 54.9 Å². The van der Waals surface area contributed by atoms with Crippen molar-refractivity contribution in [3.63, 3.8) is 0 Å². The summed E-state index contributed by atoms with van der Waals surface area (Å²) in [7, 11) is 2.80. The van der Waals surface area contributed by atoms with E-state index < -0.39 is 17.8 Å². The lowest BCUT2D eigenvalue weighted by molar-refractivity contribution is -0.189. The second-order valence-electron chi connectivity index (χ2n) is 8.11. The molecule has 0 saturated carbocycles. The number of aldehydes is 1. The average molecular weight is 493 g/mol. The molecule has 1 atom stereocenters. The normalized spacial score (nSPS) is 14.2. The molecular formula is C26H28N4O6. The first-order chi connectivity index (χ1) is 17.3. The fourth-order valence-electron chi connectivity index (χ4n) is 4.08. The van der Waals surface area contributed by atoms with E-state index in [4.69, 9.17) is 14.3 Å². The number of carbonyl (C=O) groups excluding carboxylic acids is 3. The maximum absolute atomic E-state index is 13.5. The van der Waals surface area contributed by atoms with Crippen LogP contribution >= 0.6 is 0 Å². The van der Waals surface area contributed by atoms with E-state index >= 15 is 0 Å². The van der Waals surface area contributed by atoms with Gasteiger partial charge in [0.05, 0.1) is 48.1 Å². The summed E-state index contributed by atoms with van der Waals surface area (Å²) >= 11 is 0. The highest BCUT2D eigenvalue weighted by Crippen LogP contribution is 2.49. The third-order valence-electron chi connectivity index (χ3n) is 5.79. The van der Waals surface area contributed by atoms with Gasteiger partial charge in [0, 0.05) is 37.3 Å². The molecule has 10 heteroatoms. The number of pyridine rings is 1. The van der Waals surface area contributed by atoms with Crippen molar-refractivity contribution in [2.45, 2.75) is 39.5 Å². The SMILES string of the molecule is CCOc1ncc(C)c2c1C(c1ccc(C#N)cc1OC)C(C(=O)ON(C)C(=O)CCC=O)=C(C)N2. The van der Waals surface area contributed by atoms with E-state index in [1.807, 2.05) is 13.8 Å². The Morgan fingerprint density at radius 2 is 2.06 bits per heavy atom. The predicted molar refractivity (Wildman–Crippen MR) is 130 cm³/mol. The van der Waals surface area contributed by atoms with Gasteiger partial charge in [0.15, 0.2) is 0 Å². The summed E-state index contributed by atoms with van der Waals surface area (Å²) in [5.74, 6) is -1.31. The molecule has 1 aromatic heterocycles. The van der Waals surface area contributed by atoms with E-state index in [9.17, 15) is 19.6 Å². The number of allylic oxidation sites excluding steroid dienone is 1. The number of benzene rings is 1. The van der Waals surface area contributed by atoms with Crippen LogP contribution in [-0.4, -0.2) is 49.0 Å². The van der Waals surface area contributed by atoms with Crippen LogP contribution in [0.4, 0.5) is 5.69 Å². The van der Waals surface area contributed by atoms with Crippen LogP contribution in [0.5, 0.6) is 11.6 Å². The molecule has 1 aliphatic heterocycles. The molecule has 0 aliphatic carbocycles. The lowest BCUT2D eigenvalue weighted by Crippen LogP contribution is -2.33. The van der Waals surface area contributed by atoms with Crippen LogP contribution in [0.15, 0.2) is 35.7 Å². The Labute approximate surface area is 209 Å². The topological polar surface area (TPSA) is 131 Å². The van der Waals surface area contributed by atoms with Crippen molar-refractivity contribution >= 4 is 23.9 Å². The molecule has 1 amide bonds. The summed E-state index contributed by atoms with van der Waals surface area (Å²) in [6.45, 7) is 5.79. The van der Waals surface area contributed by atoms with Crippen LogP contribution in [0.2, 0.25) is 0 Å². The van der Waals surface area contributed by atoms with Gasteiger partial charge in [-0.2, -0.15) is 10.3 Å². The van der Waals surface area contributed by atoms with Crippen LogP contribution in [-0.2, 0) is 19.2 Å². The third kappa shape index (κ3) is 5.15. The number of nitrogens with zero attached hydrogens (tertiary/aromatic N) is 3. The molecule has 2 heterocycles. The monoisotopic (exact) mass is 492 g/mol. The molecule has 10 nitrogen and oxygen atoms in total. The van der Waals surface area contributed by atoms with E-state index in [0.717, 1.165) is 16.3 Å². The van der Waals surface area contributed by atoms with Gasteiger partial charge < -0.3 is 24.4 Å². The number of fused-ring (bicyclic) bond motifs is 1. The highest BCUT2D eigenvalue weighted by Gasteiger charge is 2.39. The van der Waals surface area contributed by atoms with Gasteiger partial charge in [0.25, 0.3) is 5.91 Å². The number of aryl methyl sites for hydroxylation is 1. The number of aromatic nitrogens is 1. The minimum atomic E-state index is -0.770. The van der Waals surface area contributed by atoms with Crippen molar-refractivity contribution in [3.05, 3.63) is 57.9 Å². The molecular weight excluding hydrogens is 464 g/mol. The van der Waals surface area contributed by atoms with E-state index in [1.54, 1.807) is 31.3 Å². The van der Waals surface area contributed by atoms with Crippen LogP contribution in [0, 0.1) is 18.3 Å². The minimum Gasteiger partial charge on any atom is -0.496 e. The quantitative estimate of drug-likeness (QED) is 0.435. The number of nitrogens with one attached hydrogen (secondary N) is 1. The summed E-state index contributed by atoms with van der Waals surface area (Å²) in [5, 5.41) is 13.5. The molecule has 3 rings (SSSR count). The van der Waals surface area contributed by atoms with Crippen molar-refractivity contribution in [1.82, 2.24) is 10.0 Å². The Balaban J connectivity index is 2.20. The zero-order valence-electron chi connectivity index (χ0n) is 20.9. The maximum atomic E-state index is 13.5. The molecule has 0 saturated heterocycles. The van der Waals surface area contributed by atoms with Gasteiger partial charge in [-0.3, -0.25) is 4.79 Å². The first-order valence-electron chi connectivity index (χ1n) is 11.4. The van der Waals surface area contributed by atoms with E-state index in [-0.39, 0.29) is 18.4 Å². The van der Waals surface area contributed by atoms with Crippen molar-refractivity contribution in [2.24, 2.45) is 0 Å². The van der Waals surface area contributed by atoms with Crippen molar-refractivity contribution < 1.29 is 28.7 Å². The Bertz CT molecular complexity index is 1260. The number of anilines is 1. The zero-order valence-corrected chi connectivity index (χ0v) is 20.9. The molecule has 36 heavy (non-hydrogen) atoms. The molecule has 1 aliphatic rings. The average Bonchev–Trinajstić information content (AvgIpc) is 2.87. The zero-order chi connectivity index (χ0) is 26.4. The summed E-state index contributed by atoms with van der Waals surface area (Å²) in [4.78, 5) is 46.3. The first kappa shape index (κ1) is 26.2. The fourth-order valence-corrected chi connectivity index (χ4v) is 4.08. The fraction of sp³-hybridized carbons (Fsp3) is 0.346. The molecule has 2 aromatic rings. The number of nitriles is 1. The lowest BCUT2D eigenvalue weighted by atomic mass is 9.79. The third-order valence-corrected chi connectivity index (χ3v) is 5.79. The summed E-state index contributed by atoms with van der Waals surface area (Å²) in [6.07, 6.45) is 2.24. The molecule has 1 aromatic carbocycles. The van der Waals surface area contributed by atoms with Crippen molar-refractivity contribution in [2.75, 3.05) is 26.1 Å². The van der Waals surface area contributed by atoms with E-state index in [0.29, 0.717) is 46.9 Å². The number of hydrogen-bond donors (Lipinski definition) is 1. The Morgan fingerprint density at radius 1 is 1.31 bits per heavy atom.